The molecule has 1 unspecified atom stereocenters. The average Bonchev–Trinajstić information content (AvgIpc) is 3.23. The summed E-state index contributed by atoms with van der Waals surface area (Å²) in [6.45, 7) is 3.65. The van der Waals surface area contributed by atoms with Crippen molar-refractivity contribution in [3.63, 3.8) is 0 Å². The number of benzene rings is 2. The van der Waals surface area contributed by atoms with Crippen LogP contribution < -0.4 is 0 Å². The molecule has 1 aliphatic rings. The molecular weight excluding hydrogens is 380 g/mol. The van der Waals surface area contributed by atoms with Crippen molar-refractivity contribution in [2.45, 2.75) is 36.6 Å². The Kier molecular flexibility index (Phi) is 6.30. The molecule has 1 amide bonds. The fourth-order valence-electron chi connectivity index (χ4n) is 3.84. The van der Waals surface area contributed by atoms with Crippen LogP contribution in [0, 0.1) is 5.92 Å². The van der Waals surface area contributed by atoms with Crippen LogP contribution in [0.2, 0.25) is 0 Å². The predicted octanol–water partition coefficient (Wildman–Crippen LogP) is 4.23. The van der Waals surface area contributed by atoms with E-state index < -0.39 is 0 Å². The maximum atomic E-state index is 13.0. The lowest BCUT2D eigenvalue weighted by atomic mass is 9.90. The molecule has 150 valence electrons. The highest BCUT2D eigenvalue weighted by molar-refractivity contribution is 8.00. The van der Waals surface area contributed by atoms with Gasteiger partial charge in [0.25, 0.3) is 0 Å². The van der Waals surface area contributed by atoms with Crippen LogP contribution in [0.25, 0.3) is 5.69 Å². The first-order chi connectivity index (χ1) is 14.2. The summed E-state index contributed by atoms with van der Waals surface area (Å²) in [5, 5.41) is 8.82. The van der Waals surface area contributed by atoms with E-state index in [0.29, 0.717) is 5.92 Å². The highest BCUT2D eigenvalue weighted by Gasteiger charge is 2.27. The van der Waals surface area contributed by atoms with Crippen molar-refractivity contribution < 1.29 is 4.79 Å². The Morgan fingerprint density at radius 3 is 2.41 bits per heavy atom. The van der Waals surface area contributed by atoms with E-state index in [9.17, 15) is 4.79 Å². The molecule has 1 aliphatic heterocycles. The zero-order valence-electron chi connectivity index (χ0n) is 16.6. The molecule has 0 aliphatic carbocycles. The second kappa shape index (κ2) is 9.27. The first kappa shape index (κ1) is 19.7. The lowest BCUT2D eigenvalue weighted by Crippen LogP contribution is -2.42. The van der Waals surface area contributed by atoms with Crippen LogP contribution in [0.15, 0.2) is 72.1 Å². The summed E-state index contributed by atoms with van der Waals surface area (Å²) in [7, 11) is 0. The Labute approximate surface area is 176 Å². The van der Waals surface area contributed by atoms with Crippen LogP contribution in [0.1, 0.15) is 25.3 Å². The number of piperidine rings is 1. The van der Waals surface area contributed by atoms with Gasteiger partial charge in [-0.2, -0.15) is 0 Å². The molecule has 2 aromatic carbocycles. The normalized spacial score (nSPS) is 16.0. The standard InChI is InChI=1S/C23H26N4OS/c1-18(29-23-25-24-17-27(23)21-10-6-3-7-11-21)22(28)26-14-12-20(13-15-26)16-19-8-4-2-5-9-19/h2-11,17-18,20H,12-16H2,1H3. The van der Waals surface area contributed by atoms with Crippen molar-refractivity contribution in [2.75, 3.05) is 13.1 Å². The highest BCUT2D eigenvalue weighted by atomic mass is 32.2. The quantitative estimate of drug-likeness (QED) is 0.575. The third-order valence-electron chi connectivity index (χ3n) is 5.47. The van der Waals surface area contributed by atoms with Gasteiger partial charge in [0.15, 0.2) is 5.16 Å². The molecule has 6 heteroatoms. The van der Waals surface area contributed by atoms with Crippen LogP contribution in [0.4, 0.5) is 0 Å². The number of aromatic nitrogens is 3. The number of hydrogen-bond acceptors (Lipinski definition) is 4. The van der Waals surface area contributed by atoms with Crippen molar-refractivity contribution >= 4 is 17.7 Å². The van der Waals surface area contributed by atoms with Gasteiger partial charge >= 0.3 is 0 Å². The van der Waals surface area contributed by atoms with Crippen molar-refractivity contribution in [3.8, 4) is 5.69 Å². The molecule has 1 fully saturated rings. The van der Waals surface area contributed by atoms with Crippen LogP contribution in [0.5, 0.6) is 0 Å². The van der Waals surface area contributed by atoms with E-state index in [1.807, 2.05) is 46.7 Å². The summed E-state index contributed by atoms with van der Waals surface area (Å²) in [4.78, 5) is 15.0. The van der Waals surface area contributed by atoms with Gasteiger partial charge in [0.05, 0.1) is 5.25 Å². The lowest BCUT2D eigenvalue weighted by molar-refractivity contribution is -0.131. The highest BCUT2D eigenvalue weighted by Crippen LogP contribution is 2.27. The maximum absolute atomic E-state index is 13.0. The lowest BCUT2D eigenvalue weighted by Gasteiger charge is -2.33. The van der Waals surface area contributed by atoms with Crippen molar-refractivity contribution in [3.05, 3.63) is 72.6 Å². The number of amides is 1. The third kappa shape index (κ3) is 4.88. The minimum atomic E-state index is -0.188. The number of carbonyl (C=O) groups excluding carboxylic acids is 1. The fraction of sp³-hybridized carbons (Fsp3) is 0.348. The average molecular weight is 407 g/mol. The van der Waals surface area contributed by atoms with Crippen LogP contribution in [-0.4, -0.2) is 43.9 Å². The Morgan fingerprint density at radius 2 is 1.72 bits per heavy atom. The van der Waals surface area contributed by atoms with Gasteiger partial charge in [0, 0.05) is 18.8 Å². The molecule has 1 saturated heterocycles. The van der Waals surface area contributed by atoms with E-state index in [1.54, 1.807) is 6.33 Å². The molecule has 4 rings (SSSR count). The smallest absolute Gasteiger partial charge is 0.235 e. The number of likely N-dealkylation sites (tertiary alicyclic amines) is 1. The van der Waals surface area contributed by atoms with E-state index in [1.165, 1.54) is 17.3 Å². The Bertz CT molecular complexity index is 920. The first-order valence-electron chi connectivity index (χ1n) is 10.2. The Balaban J connectivity index is 1.32. The van der Waals surface area contributed by atoms with Crippen LogP contribution in [-0.2, 0) is 11.2 Å². The summed E-state index contributed by atoms with van der Waals surface area (Å²) in [6, 6.07) is 20.6. The molecule has 0 N–H and O–H groups in total. The van der Waals surface area contributed by atoms with E-state index in [0.717, 1.165) is 43.2 Å². The maximum Gasteiger partial charge on any atom is 0.235 e. The monoisotopic (exact) mass is 406 g/mol. The SMILES string of the molecule is CC(Sc1nncn1-c1ccccc1)C(=O)N1CCC(Cc2ccccc2)CC1. The first-order valence-corrected chi connectivity index (χ1v) is 11.0. The van der Waals surface area contributed by atoms with Gasteiger partial charge in [0.2, 0.25) is 5.91 Å². The van der Waals surface area contributed by atoms with E-state index in [4.69, 9.17) is 0 Å². The molecule has 1 atom stereocenters. The van der Waals surface area contributed by atoms with Gasteiger partial charge < -0.3 is 4.90 Å². The molecule has 2 heterocycles. The second-order valence-electron chi connectivity index (χ2n) is 7.54. The van der Waals surface area contributed by atoms with Gasteiger partial charge in [0.1, 0.15) is 6.33 Å². The summed E-state index contributed by atoms with van der Waals surface area (Å²) >= 11 is 1.48. The van der Waals surface area contributed by atoms with Gasteiger partial charge in [-0.05, 0) is 49.8 Å². The molecule has 0 spiro atoms. The number of hydrogen-bond donors (Lipinski definition) is 0. The molecule has 1 aromatic heterocycles. The minimum absolute atomic E-state index is 0.188. The summed E-state index contributed by atoms with van der Waals surface area (Å²) in [5.41, 5.74) is 2.39. The number of thioether (sulfide) groups is 1. The second-order valence-corrected chi connectivity index (χ2v) is 8.85. The Morgan fingerprint density at radius 1 is 1.07 bits per heavy atom. The number of para-hydroxylation sites is 1. The molecule has 0 saturated carbocycles. The van der Waals surface area contributed by atoms with Crippen molar-refractivity contribution in [1.82, 2.24) is 19.7 Å². The molecule has 3 aromatic rings. The van der Waals surface area contributed by atoms with Gasteiger partial charge in [-0.3, -0.25) is 9.36 Å². The Hall–Kier alpha value is -2.60. The zero-order chi connectivity index (χ0) is 20.1. The molecule has 5 nitrogen and oxygen atoms in total. The van der Waals surface area contributed by atoms with Crippen LogP contribution >= 0.6 is 11.8 Å². The largest absolute Gasteiger partial charge is 0.342 e. The fourth-order valence-corrected chi connectivity index (χ4v) is 4.77. The van der Waals surface area contributed by atoms with Gasteiger partial charge in [-0.25, -0.2) is 0 Å². The summed E-state index contributed by atoms with van der Waals surface area (Å²) in [6.07, 6.45) is 4.94. The number of carbonyl (C=O) groups is 1. The van der Waals surface area contributed by atoms with E-state index in [-0.39, 0.29) is 11.2 Å². The predicted molar refractivity (Wildman–Crippen MR) is 116 cm³/mol. The van der Waals surface area contributed by atoms with Gasteiger partial charge in [-0.15, -0.1) is 10.2 Å². The third-order valence-corrected chi connectivity index (χ3v) is 6.52. The number of rotatable bonds is 6. The van der Waals surface area contributed by atoms with Crippen molar-refractivity contribution in [1.29, 1.82) is 0 Å². The van der Waals surface area contributed by atoms with Crippen molar-refractivity contribution in [2.24, 2.45) is 5.92 Å². The molecule has 0 bridgehead atoms. The zero-order valence-corrected chi connectivity index (χ0v) is 17.5. The number of nitrogens with zero attached hydrogens (tertiary/aromatic N) is 4. The summed E-state index contributed by atoms with van der Waals surface area (Å²) < 4.78 is 1.93. The van der Waals surface area contributed by atoms with E-state index >= 15 is 0 Å². The summed E-state index contributed by atoms with van der Waals surface area (Å²) in [5.74, 6) is 0.848. The van der Waals surface area contributed by atoms with E-state index in [2.05, 4.69) is 40.5 Å². The topological polar surface area (TPSA) is 51.0 Å². The molecular formula is C23H26N4OS. The van der Waals surface area contributed by atoms with Crippen LogP contribution in [0.3, 0.4) is 0 Å². The molecule has 0 radical (unpaired) electrons. The molecule has 29 heavy (non-hydrogen) atoms. The van der Waals surface area contributed by atoms with Gasteiger partial charge in [-0.1, -0.05) is 60.3 Å². The minimum Gasteiger partial charge on any atom is -0.342 e.